The molecule has 0 atom stereocenters. The van der Waals surface area contributed by atoms with Crippen LogP contribution in [-0.2, 0) is 13.6 Å². The number of halogens is 1. The number of carboxylic acids is 1. The summed E-state index contributed by atoms with van der Waals surface area (Å²) in [6.07, 6.45) is 3.11. The Hall–Kier alpha value is -1.82. The molecule has 2 aromatic heterocycles. The zero-order chi connectivity index (χ0) is 11.7. The topological polar surface area (TPSA) is 72.9 Å². The van der Waals surface area contributed by atoms with Crippen molar-refractivity contribution >= 4 is 17.6 Å². The van der Waals surface area contributed by atoms with Gasteiger partial charge in [-0.1, -0.05) is 11.6 Å². The molecule has 0 spiro atoms. The molecule has 0 radical (unpaired) electrons. The van der Waals surface area contributed by atoms with Gasteiger partial charge in [0, 0.05) is 13.2 Å². The Morgan fingerprint density at radius 1 is 1.62 bits per heavy atom. The quantitative estimate of drug-likeness (QED) is 0.869. The predicted molar refractivity (Wildman–Crippen MR) is 56.5 cm³/mol. The lowest BCUT2D eigenvalue weighted by molar-refractivity contribution is 0.0685. The normalized spacial score (nSPS) is 10.6. The predicted octanol–water partition coefficient (Wildman–Crippen LogP) is 1.02. The summed E-state index contributed by atoms with van der Waals surface area (Å²) in [6.45, 7) is 0.324. The van der Waals surface area contributed by atoms with E-state index in [9.17, 15) is 4.79 Å². The first-order valence-corrected chi connectivity index (χ1v) is 4.87. The van der Waals surface area contributed by atoms with E-state index in [-0.39, 0.29) is 5.69 Å². The highest BCUT2D eigenvalue weighted by Crippen LogP contribution is 2.15. The van der Waals surface area contributed by atoms with E-state index >= 15 is 0 Å². The van der Waals surface area contributed by atoms with E-state index < -0.39 is 5.97 Å². The monoisotopic (exact) mass is 240 g/mol. The number of aryl methyl sites for hydroxylation is 1. The first-order valence-electron chi connectivity index (χ1n) is 4.50. The van der Waals surface area contributed by atoms with Gasteiger partial charge in [0.25, 0.3) is 0 Å². The number of carboxylic acid groups (broad SMARTS) is 1. The maximum absolute atomic E-state index is 10.9. The Labute approximate surface area is 96.1 Å². The summed E-state index contributed by atoms with van der Waals surface area (Å²) in [7, 11) is 1.79. The van der Waals surface area contributed by atoms with Crippen LogP contribution in [0, 0.1) is 0 Å². The molecule has 1 N–H and O–H groups in total. The van der Waals surface area contributed by atoms with E-state index in [1.54, 1.807) is 24.1 Å². The number of rotatable bonds is 3. The molecule has 16 heavy (non-hydrogen) atoms. The molecular weight excluding hydrogens is 232 g/mol. The van der Waals surface area contributed by atoms with Crippen LogP contribution >= 0.6 is 11.6 Å². The number of aromatic nitrogens is 4. The highest BCUT2D eigenvalue weighted by Gasteiger charge is 2.13. The van der Waals surface area contributed by atoms with Crippen molar-refractivity contribution in [2.45, 2.75) is 6.54 Å². The van der Waals surface area contributed by atoms with Gasteiger partial charge in [-0.15, -0.1) is 10.2 Å². The maximum Gasteiger partial charge on any atom is 0.352 e. The van der Waals surface area contributed by atoms with Crippen molar-refractivity contribution in [1.29, 1.82) is 0 Å². The summed E-state index contributed by atoms with van der Waals surface area (Å²) in [5, 5.41) is 16.9. The highest BCUT2D eigenvalue weighted by molar-refractivity contribution is 6.30. The minimum atomic E-state index is -1.02. The van der Waals surface area contributed by atoms with Crippen LogP contribution in [0.25, 0.3) is 0 Å². The molecule has 0 unspecified atom stereocenters. The molecule has 2 aromatic rings. The SMILES string of the molecule is Cn1cnnc1Cn1cc(Cl)cc1C(=O)O. The van der Waals surface area contributed by atoms with Crippen molar-refractivity contribution < 1.29 is 9.90 Å². The third-order valence-corrected chi connectivity index (χ3v) is 2.41. The summed E-state index contributed by atoms with van der Waals surface area (Å²) in [6, 6.07) is 1.40. The molecule has 2 rings (SSSR count). The zero-order valence-electron chi connectivity index (χ0n) is 8.46. The third-order valence-electron chi connectivity index (χ3n) is 2.20. The van der Waals surface area contributed by atoms with Crippen molar-refractivity contribution in [3.8, 4) is 0 Å². The molecule has 7 heteroatoms. The largest absolute Gasteiger partial charge is 0.477 e. The highest BCUT2D eigenvalue weighted by atomic mass is 35.5. The molecule has 2 heterocycles. The standard InChI is InChI=1S/C9H9ClN4O2/c1-13-5-11-12-8(13)4-14-3-6(10)2-7(14)9(15)16/h2-3,5H,4H2,1H3,(H,15,16). The lowest BCUT2D eigenvalue weighted by atomic mass is 10.4. The van der Waals surface area contributed by atoms with Gasteiger partial charge >= 0.3 is 5.97 Å². The van der Waals surface area contributed by atoms with Crippen molar-refractivity contribution in [2.24, 2.45) is 7.05 Å². The van der Waals surface area contributed by atoms with Crippen LogP contribution in [0.4, 0.5) is 0 Å². The molecule has 0 aliphatic heterocycles. The molecule has 6 nitrogen and oxygen atoms in total. The minimum Gasteiger partial charge on any atom is -0.477 e. The van der Waals surface area contributed by atoms with Gasteiger partial charge in [0.05, 0.1) is 11.6 Å². The van der Waals surface area contributed by atoms with Crippen LogP contribution in [-0.4, -0.2) is 30.4 Å². The molecule has 0 saturated carbocycles. The van der Waals surface area contributed by atoms with Crippen molar-refractivity contribution in [3.05, 3.63) is 35.1 Å². The van der Waals surface area contributed by atoms with E-state index in [1.807, 2.05) is 0 Å². The third kappa shape index (κ3) is 1.92. The van der Waals surface area contributed by atoms with Gasteiger partial charge < -0.3 is 14.2 Å². The van der Waals surface area contributed by atoms with E-state index in [4.69, 9.17) is 16.7 Å². The van der Waals surface area contributed by atoms with E-state index in [0.717, 1.165) is 0 Å². The lowest BCUT2D eigenvalue weighted by Crippen LogP contribution is -2.11. The molecule has 0 aromatic carbocycles. The van der Waals surface area contributed by atoms with Gasteiger partial charge in [0.15, 0.2) is 5.82 Å². The molecule has 0 aliphatic carbocycles. The average Bonchev–Trinajstić information content (AvgIpc) is 2.75. The van der Waals surface area contributed by atoms with Crippen LogP contribution < -0.4 is 0 Å². The minimum absolute atomic E-state index is 0.132. The van der Waals surface area contributed by atoms with Crippen LogP contribution in [0.2, 0.25) is 5.02 Å². The van der Waals surface area contributed by atoms with E-state index in [2.05, 4.69) is 10.2 Å². The zero-order valence-corrected chi connectivity index (χ0v) is 9.22. The summed E-state index contributed by atoms with van der Waals surface area (Å²) in [4.78, 5) is 10.9. The molecule has 0 aliphatic rings. The van der Waals surface area contributed by atoms with Crippen LogP contribution in [0.1, 0.15) is 16.3 Å². The number of hydrogen-bond donors (Lipinski definition) is 1. The number of hydrogen-bond acceptors (Lipinski definition) is 3. The van der Waals surface area contributed by atoms with Crippen LogP contribution in [0.15, 0.2) is 18.6 Å². The van der Waals surface area contributed by atoms with Gasteiger partial charge in [0.1, 0.15) is 12.0 Å². The van der Waals surface area contributed by atoms with Crippen molar-refractivity contribution in [1.82, 2.24) is 19.3 Å². The van der Waals surface area contributed by atoms with E-state index in [1.165, 1.54) is 10.6 Å². The van der Waals surface area contributed by atoms with Crippen LogP contribution in [0.3, 0.4) is 0 Å². The molecule has 84 valence electrons. The van der Waals surface area contributed by atoms with Gasteiger partial charge in [-0.2, -0.15) is 0 Å². The molecule has 0 fully saturated rings. The Balaban J connectivity index is 2.34. The fourth-order valence-corrected chi connectivity index (χ4v) is 1.61. The second-order valence-corrected chi connectivity index (χ2v) is 3.77. The fourth-order valence-electron chi connectivity index (χ4n) is 1.39. The molecular formula is C9H9ClN4O2. The first-order chi connectivity index (χ1) is 7.58. The Morgan fingerprint density at radius 3 is 2.94 bits per heavy atom. The summed E-state index contributed by atoms with van der Waals surface area (Å²) < 4.78 is 3.24. The van der Waals surface area contributed by atoms with Gasteiger partial charge in [-0.3, -0.25) is 0 Å². The molecule has 0 bridgehead atoms. The Bertz CT molecular complexity index is 531. The smallest absolute Gasteiger partial charge is 0.352 e. The van der Waals surface area contributed by atoms with Crippen molar-refractivity contribution in [2.75, 3.05) is 0 Å². The lowest BCUT2D eigenvalue weighted by Gasteiger charge is -2.04. The van der Waals surface area contributed by atoms with Crippen LogP contribution in [0.5, 0.6) is 0 Å². The maximum atomic E-state index is 10.9. The molecule has 0 saturated heterocycles. The Kier molecular flexibility index (Phi) is 2.66. The van der Waals surface area contributed by atoms with Gasteiger partial charge in [-0.25, -0.2) is 4.79 Å². The van der Waals surface area contributed by atoms with Gasteiger partial charge in [0.2, 0.25) is 0 Å². The number of nitrogens with zero attached hydrogens (tertiary/aromatic N) is 4. The molecule has 0 amide bonds. The second-order valence-electron chi connectivity index (χ2n) is 3.33. The number of carbonyl (C=O) groups is 1. The summed E-state index contributed by atoms with van der Waals surface area (Å²) in [5.41, 5.74) is 0.132. The summed E-state index contributed by atoms with van der Waals surface area (Å²) in [5.74, 6) is -0.358. The second kappa shape index (κ2) is 3.97. The first kappa shape index (κ1) is 10.7. The summed E-state index contributed by atoms with van der Waals surface area (Å²) >= 11 is 5.76. The van der Waals surface area contributed by atoms with Gasteiger partial charge in [-0.05, 0) is 6.07 Å². The Morgan fingerprint density at radius 2 is 2.38 bits per heavy atom. The van der Waals surface area contributed by atoms with Crippen molar-refractivity contribution in [3.63, 3.8) is 0 Å². The number of aromatic carboxylic acids is 1. The average molecular weight is 241 g/mol. The van der Waals surface area contributed by atoms with E-state index in [0.29, 0.717) is 17.4 Å². The fraction of sp³-hybridized carbons (Fsp3) is 0.222.